The van der Waals surface area contributed by atoms with Crippen LogP contribution < -0.4 is 0 Å². The van der Waals surface area contributed by atoms with Crippen molar-refractivity contribution >= 4 is 40.0 Å². The van der Waals surface area contributed by atoms with Gasteiger partial charge in [0.25, 0.3) is 0 Å². The van der Waals surface area contributed by atoms with Crippen molar-refractivity contribution < 1.29 is 4.79 Å². The van der Waals surface area contributed by atoms with Crippen LogP contribution in [0, 0.1) is 3.57 Å². The molecule has 0 spiro atoms. The lowest BCUT2D eigenvalue weighted by Gasteiger charge is -2.02. The number of aromatic nitrogens is 1. The Morgan fingerprint density at radius 3 is 2.44 bits per heavy atom. The van der Waals surface area contributed by atoms with E-state index < -0.39 is 0 Å². The van der Waals surface area contributed by atoms with E-state index in [1.807, 2.05) is 0 Å². The number of hydrogen-bond donors (Lipinski definition) is 0. The van der Waals surface area contributed by atoms with Gasteiger partial charge >= 0.3 is 0 Å². The van der Waals surface area contributed by atoms with Crippen LogP contribution in [0.2, 0.25) is 5.02 Å². The smallest absolute Gasteiger partial charge is 0.193 e. The van der Waals surface area contributed by atoms with Crippen molar-refractivity contribution in [2.45, 2.75) is 0 Å². The maximum atomic E-state index is 12.0. The van der Waals surface area contributed by atoms with Gasteiger partial charge in [0.15, 0.2) is 5.78 Å². The fourth-order valence-electron chi connectivity index (χ4n) is 1.31. The molecule has 0 atom stereocenters. The minimum Gasteiger partial charge on any atom is -0.289 e. The predicted octanol–water partition coefficient (Wildman–Crippen LogP) is 3.57. The van der Waals surface area contributed by atoms with Crippen LogP contribution in [0.3, 0.4) is 0 Å². The number of rotatable bonds is 2. The van der Waals surface area contributed by atoms with Crippen molar-refractivity contribution in [2.24, 2.45) is 0 Å². The molecule has 0 saturated heterocycles. The number of benzene rings is 1. The predicted molar refractivity (Wildman–Crippen MR) is 71.8 cm³/mol. The standard InChI is InChI=1S/C12H7ClINO/c13-10-2-1-9(7-11(10)14)12(16)8-3-5-15-6-4-8/h1-7H. The zero-order valence-corrected chi connectivity index (χ0v) is 11.1. The fourth-order valence-corrected chi connectivity index (χ4v) is 1.94. The average molecular weight is 344 g/mol. The maximum Gasteiger partial charge on any atom is 0.193 e. The largest absolute Gasteiger partial charge is 0.289 e. The molecule has 16 heavy (non-hydrogen) atoms. The van der Waals surface area contributed by atoms with E-state index >= 15 is 0 Å². The van der Waals surface area contributed by atoms with Crippen molar-refractivity contribution in [3.63, 3.8) is 0 Å². The topological polar surface area (TPSA) is 30.0 Å². The summed E-state index contributed by atoms with van der Waals surface area (Å²) in [5.74, 6) is -0.0167. The van der Waals surface area contributed by atoms with Crippen LogP contribution in [-0.2, 0) is 0 Å². The number of pyridine rings is 1. The lowest BCUT2D eigenvalue weighted by molar-refractivity contribution is 0.103. The van der Waals surface area contributed by atoms with Gasteiger partial charge in [-0.15, -0.1) is 0 Å². The van der Waals surface area contributed by atoms with Crippen LogP contribution in [0.1, 0.15) is 15.9 Å². The third kappa shape index (κ3) is 2.41. The zero-order chi connectivity index (χ0) is 11.5. The molecule has 0 amide bonds. The van der Waals surface area contributed by atoms with E-state index in [-0.39, 0.29) is 5.78 Å². The minimum atomic E-state index is -0.0167. The molecule has 2 rings (SSSR count). The molecule has 0 radical (unpaired) electrons. The normalized spacial score (nSPS) is 10.1. The van der Waals surface area contributed by atoms with Gasteiger partial charge < -0.3 is 0 Å². The van der Waals surface area contributed by atoms with Gasteiger partial charge in [0, 0.05) is 27.1 Å². The molecule has 0 unspecified atom stereocenters. The van der Waals surface area contributed by atoms with Crippen molar-refractivity contribution in [1.82, 2.24) is 4.98 Å². The number of carbonyl (C=O) groups excluding carboxylic acids is 1. The Bertz CT molecular complexity index is 528. The van der Waals surface area contributed by atoms with Gasteiger partial charge in [0.05, 0.1) is 5.02 Å². The van der Waals surface area contributed by atoms with Crippen LogP contribution in [0.15, 0.2) is 42.7 Å². The highest BCUT2D eigenvalue weighted by atomic mass is 127. The van der Waals surface area contributed by atoms with E-state index in [1.54, 1.807) is 42.7 Å². The lowest BCUT2D eigenvalue weighted by atomic mass is 10.1. The van der Waals surface area contributed by atoms with E-state index in [4.69, 9.17) is 11.6 Å². The summed E-state index contributed by atoms with van der Waals surface area (Å²) in [5.41, 5.74) is 1.27. The van der Waals surface area contributed by atoms with E-state index in [0.29, 0.717) is 16.1 Å². The monoisotopic (exact) mass is 343 g/mol. The molecule has 2 aromatic rings. The Morgan fingerprint density at radius 1 is 1.12 bits per heavy atom. The third-order valence-corrected chi connectivity index (χ3v) is 3.67. The van der Waals surface area contributed by atoms with Crippen molar-refractivity contribution in [3.8, 4) is 0 Å². The van der Waals surface area contributed by atoms with Gasteiger partial charge in [-0.25, -0.2) is 0 Å². The molecule has 0 bridgehead atoms. The molecule has 2 nitrogen and oxygen atoms in total. The summed E-state index contributed by atoms with van der Waals surface area (Å²) in [6.45, 7) is 0. The molecule has 0 N–H and O–H groups in total. The van der Waals surface area contributed by atoms with Gasteiger partial charge in [0.2, 0.25) is 0 Å². The Balaban J connectivity index is 2.39. The highest BCUT2D eigenvalue weighted by Crippen LogP contribution is 2.20. The average Bonchev–Trinajstić information content (AvgIpc) is 2.33. The van der Waals surface area contributed by atoms with E-state index in [2.05, 4.69) is 27.6 Å². The first kappa shape index (κ1) is 11.5. The molecule has 0 saturated carbocycles. The third-order valence-electron chi connectivity index (χ3n) is 2.12. The summed E-state index contributed by atoms with van der Waals surface area (Å²) in [6.07, 6.45) is 3.21. The van der Waals surface area contributed by atoms with Crippen LogP contribution in [0.4, 0.5) is 0 Å². The first-order chi connectivity index (χ1) is 7.68. The highest BCUT2D eigenvalue weighted by molar-refractivity contribution is 14.1. The van der Waals surface area contributed by atoms with E-state index in [1.165, 1.54) is 0 Å². The summed E-state index contributed by atoms with van der Waals surface area (Å²) in [6, 6.07) is 8.64. The number of halogens is 2. The Hall–Kier alpha value is -0.940. The first-order valence-corrected chi connectivity index (χ1v) is 6.04. The summed E-state index contributed by atoms with van der Waals surface area (Å²) in [5, 5.41) is 0.659. The second-order valence-corrected chi connectivity index (χ2v) is 4.76. The van der Waals surface area contributed by atoms with Gasteiger partial charge in [-0.1, -0.05) is 11.6 Å². The maximum absolute atomic E-state index is 12.0. The number of nitrogens with zero attached hydrogens (tertiary/aromatic N) is 1. The molecule has 0 aliphatic rings. The molecule has 1 heterocycles. The summed E-state index contributed by atoms with van der Waals surface area (Å²) < 4.78 is 0.874. The van der Waals surface area contributed by atoms with Gasteiger partial charge in [-0.3, -0.25) is 9.78 Å². The van der Waals surface area contributed by atoms with Crippen LogP contribution in [0.5, 0.6) is 0 Å². The van der Waals surface area contributed by atoms with E-state index in [0.717, 1.165) is 3.57 Å². The molecule has 1 aromatic heterocycles. The number of carbonyl (C=O) groups is 1. The second kappa shape index (κ2) is 4.93. The molecule has 0 aliphatic carbocycles. The van der Waals surface area contributed by atoms with Gasteiger partial charge in [-0.2, -0.15) is 0 Å². The molecule has 1 aromatic carbocycles. The first-order valence-electron chi connectivity index (χ1n) is 4.58. The van der Waals surface area contributed by atoms with Crippen molar-refractivity contribution in [2.75, 3.05) is 0 Å². The molecular weight excluding hydrogens is 336 g/mol. The van der Waals surface area contributed by atoms with Crippen LogP contribution in [0.25, 0.3) is 0 Å². The number of hydrogen-bond acceptors (Lipinski definition) is 2. The second-order valence-electron chi connectivity index (χ2n) is 3.19. The minimum absolute atomic E-state index is 0.0167. The fraction of sp³-hybridized carbons (Fsp3) is 0. The lowest BCUT2D eigenvalue weighted by Crippen LogP contribution is -2.01. The molecule has 0 fully saturated rings. The molecule has 80 valence electrons. The number of ketones is 1. The quantitative estimate of drug-likeness (QED) is 0.616. The Kier molecular flexibility index (Phi) is 3.56. The molecule has 4 heteroatoms. The van der Waals surface area contributed by atoms with Crippen LogP contribution >= 0.6 is 34.2 Å². The van der Waals surface area contributed by atoms with Crippen LogP contribution in [-0.4, -0.2) is 10.8 Å². The molecular formula is C12H7ClINO. The Morgan fingerprint density at radius 2 is 1.81 bits per heavy atom. The van der Waals surface area contributed by atoms with Gasteiger partial charge in [-0.05, 0) is 52.9 Å². The molecule has 0 aliphatic heterocycles. The van der Waals surface area contributed by atoms with Crippen molar-refractivity contribution in [1.29, 1.82) is 0 Å². The van der Waals surface area contributed by atoms with Crippen molar-refractivity contribution in [3.05, 3.63) is 62.4 Å². The van der Waals surface area contributed by atoms with Gasteiger partial charge in [0.1, 0.15) is 0 Å². The summed E-state index contributed by atoms with van der Waals surface area (Å²) >= 11 is 8.01. The zero-order valence-electron chi connectivity index (χ0n) is 8.15. The van der Waals surface area contributed by atoms with E-state index in [9.17, 15) is 4.79 Å². The summed E-state index contributed by atoms with van der Waals surface area (Å²) in [7, 11) is 0. The highest BCUT2D eigenvalue weighted by Gasteiger charge is 2.09. The summed E-state index contributed by atoms with van der Waals surface area (Å²) in [4.78, 5) is 15.9. The SMILES string of the molecule is O=C(c1ccncc1)c1ccc(Cl)c(I)c1. The Labute approximate surface area is 112 Å².